The van der Waals surface area contributed by atoms with Crippen molar-refractivity contribution in [1.82, 2.24) is 10.3 Å². The summed E-state index contributed by atoms with van der Waals surface area (Å²) in [7, 11) is 0. The van der Waals surface area contributed by atoms with Crippen molar-refractivity contribution in [3.05, 3.63) is 131 Å². The highest BCUT2D eigenvalue weighted by atomic mass is 16.4. The maximum absolute atomic E-state index is 14.4. The molecule has 0 saturated carbocycles. The maximum atomic E-state index is 14.4. The molecule has 5 aromatic rings. The molecule has 1 aromatic heterocycles. The fraction of sp³-hybridized carbons (Fsp3) is 0.211. The van der Waals surface area contributed by atoms with Crippen molar-refractivity contribution in [1.29, 1.82) is 0 Å². The first-order valence-electron chi connectivity index (χ1n) is 14.8. The van der Waals surface area contributed by atoms with Crippen LogP contribution in [0.4, 0.5) is 0 Å². The predicted molar refractivity (Wildman–Crippen MR) is 176 cm³/mol. The summed E-state index contributed by atoms with van der Waals surface area (Å²) in [6, 6.07) is 28.6. The lowest BCUT2D eigenvalue weighted by molar-refractivity contribution is -0.148. The van der Waals surface area contributed by atoms with Crippen molar-refractivity contribution < 1.29 is 14.7 Å². The minimum Gasteiger partial charge on any atom is -0.479 e. The third kappa shape index (κ3) is 6.17. The molecule has 0 aliphatic heterocycles. The van der Waals surface area contributed by atoms with Gasteiger partial charge in [0.25, 0.3) is 0 Å². The van der Waals surface area contributed by atoms with Crippen LogP contribution in [0.25, 0.3) is 33.7 Å². The number of aromatic nitrogens is 1. The topological polar surface area (TPSA) is 82.2 Å². The molecular weight excluding hydrogens is 532 g/mol. The van der Waals surface area contributed by atoms with Gasteiger partial charge in [-0.3, -0.25) is 4.79 Å². The standard InChI is InChI=1S/C38H38N2O3/c1-4-13-34-31(25-39-35(34)5-2)24-38(6-3,37(42)43)40-36(41)30(22-28-18-11-16-26-14-7-9-20-32(26)28)23-29-19-12-17-27-15-8-10-21-33(27)29/h4-5,7-21,25,30,39H,1,6,22-24H2,2-3H3,(H,40,41)(H,42,43)/b34-13-,35-5+/t38-/m1/s1. The molecule has 5 heteroatoms. The van der Waals surface area contributed by atoms with Gasteiger partial charge in [-0.15, -0.1) is 0 Å². The normalized spacial score (nSPS) is 13.8. The minimum atomic E-state index is -1.48. The lowest BCUT2D eigenvalue weighted by atomic mass is 9.84. The van der Waals surface area contributed by atoms with E-state index in [0.29, 0.717) is 12.8 Å². The number of hydrogen-bond donors (Lipinski definition) is 3. The molecule has 5 rings (SSSR count). The Kier molecular flexibility index (Phi) is 8.91. The molecule has 0 fully saturated rings. The molecule has 4 aromatic carbocycles. The number of hydrogen-bond acceptors (Lipinski definition) is 2. The van der Waals surface area contributed by atoms with E-state index >= 15 is 0 Å². The number of carboxylic acid groups (broad SMARTS) is 1. The van der Waals surface area contributed by atoms with Crippen molar-refractivity contribution in [2.45, 2.75) is 45.1 Å². The van der Waals surface area contributed by atoms with Gasteiger partial charge in [0.05, 0.1) is 0 Å². The van der Waals surface area contributed by atoms with E-state index in [-0.39, 0.29) is 18.7 Å². The van der Waals surface area contributed by atoms with Crippen LogP contribution in [0.5, 0.6) is 0 Å². The minimum absolute atomic E-state index is 0.143. The number of carbonyl (C=O) groups is 2. The molecule has 1 amide bonds. The Labute approximate surface area is 252 Å². The molecule has 218 valence electrons. The van der Waals surface area contributed by atoms with Gasteiger partial charge >= 0.3 is 5.97 Å². The van der Waals surface area contributed by atoms with Crippen molar-refractivity contribution in [3.63, 3.8) is 0 Å². The van der Waals surface area contributed by atoms with E-state index < -0.39 is 17.4 Å². The number of carbonyl (C=O) groups excluding carboxylic acids is 1. The van der Waals surface area contributed by atoms with Crippen molar-refractivity contribution in [2.75, 3.05) is 0 Å². The maximum Gasteiger partial charge on any atom is 0.329 e. The Morgan fingerprint density at radius 3 is 1.95 bits per heavy atom. The summed E-state index contributed by atoms with van der Waals surface area (Å²) in [5, 5.41) is 19.9. The summed E-state index contributed by atoms with van der Waals surface area (Å²) in [6.45, 7) is 7.57. The Bertz CT molecular complexity index is 1830. The average Bonchev–Trinajstić information content (AvgIpc) is 3.41. The number of benzene rings is 4. The first-order valence-corrected chi connectivity index (χ1v) is 14.8. The van der Waals surface area contributed by atoms with Crippen LogP contribution in [0.2, 0.25) is 0 Å². The molecule has 0 aliphatic carbocycles. The molecule has 0 radical (unpaired) electrons. The van der Waals surface area contributed by atoms with Gasteiger partial charge in [0.1, 0.15) is 5.54 Å². The van der Waals surface area contributed by atoms with E-state index in [9.17, 15) is 14.7 Å². The molecular formula is C38H38N2O3. The number of H-pyrrole nitrogens is 1. The van der Waals surface area contributed by atoms with Crippen LogP contribution in [-0.4, -0.2) is 27.5 Å². The second kappa shape index (κ2) is 13.0. The summed E-state index contributed by atoms with van der Waals surface area (Å²) in [5.41, 5.74) is 1.46. The van der Waals surface area contributed by atoms with Crippen LogP contribution in [0.15, 0.2) is 104 Å². The fourth-order valence-electron chi connectivity index (χ4n) is 6.12. The first kappa shape index (κ1) is 29.6. The summed E-state index contributed by atoms with van der Waals surface area (Å²) in [4.78, 5) is 30.5. The van der Waals surface area contributed by atoms with Gasteiger partial charge in [-0.2, -0.15) is 0 Å². The molecule has 3 N–H and O–H groups in total. The Hall–Kier alpha value is -4.90. The highest BCUT2D eigenvalue weighted by molar-refractivity contribution is 5.91. The van der Waals surface area contributed by atoms with Gasteiger partial charge < -0.3 is 15.4 Å². The van der Waals surface area contributed by atoms with E-state index in [2.05, 4.69) is 65.4 Å². The fourth-order valence-corrected chi connectivity index (χ4v) is 6.12. The van der Waals surface area contributed by atoms with Gasteiger partial charge in [-0.25, -0.2) is 4.79 Å². The number of amides is 1. The summed E-state index contributed by atoms with van der Waals surface area (Å²) >= 11 is 0. The van der Waals surface area contributed by atoms with Crippen LogP contribution >= 0.6 is 0 Å². The Morgan fingerprint density at radius 2 is 1.44 bits per heavy atom. The molecule has 0 bridgehead atoms. The highest BCUT2D eigenvalue weighted by Gasteiger charge is 2.40. The number of allylic oxidation sites excluding steroid dienone is 1. The zero-order valence-corrected chi connectivity index (χ0v) is 24.8. The molecule has 0 saturated heterocycles. The molecule has 0 spiro atoms. The van der Waals surface area contributed by atoms with E-state index in [1.54, 1.807) is 6.08 Å². The molecule has 1 atom stereocenters. The lowest BCUT2D eigenvalue weighted by Gasteiger charge is -2.31. The molecule has 0 unspecified atom stereocenters. The van der Waals surface area contributed by atoms with E-state index in [1.165, 1.54) is 0 Å². The number of nitrogens with one attached hydrogen (secondary N) is 2. The van der Waals surface area contributed by atoms with Crippen molar-refractivity contribution in [3.8, 4) is 0 Å². The first-order chi connectivity index (χ1) is 20.9. The van der Waals surface area contributed by atoms with Crippen molar-refractivity contribution >= 4 is 45.6 Å². The number of fused-ring (bicyclic) bond motifs is 2. The monoisotopic (exact) mass is 570 g/mol. The molecule has 1 heterocycles. The Morgan fingerprint density at radius 1 is 0.884 bits per heavy atom. The zero-order valence-electron chi connectivity index (χ0n) is 24.8. The predicted octanol–water partition coefficient (Wildman–Crippen LogP) is 6.08. The number of carboxylic acids is 1. The van der Waals surface area contributed by atoms with Gasteiger partial charge in [0.15, 0.2) is 0 Å². The number of rotatable bonds is 11. The number of aromatic amines is 1. The second-order valence-corrected chi connectivity index (χ2v) is 11.1. The smallest absolute Gasteiger partial charge is 0.329 e. The highest BCUT2D eigenvalue weighted by Crippen LogP contribution is 2.27. The van der Waals surface area contributed by atoms with Crippen LogP contribution < -0.4 is 15.9 Å². The van der Waals surface area contributed by atoms with Gasteiger partial charge in [-0.1, -0.05) is 117 Å². The largest absolute Gasteiger partial charge is 0.479 e. The summed E-state index contributed by atoms with van der Waals surface area (Å²) in [5.74, 6) is -1.81. The number of aliphatic carboxylic acids is 1. The summed E-state index contributed by atoms with van der Waals surface area (Å²) in [6.07, 6.45) is 8.65. The van der Waals surface area contributed by atoms with Gasteiger partial charge in [0.2, 0.25) is 5.91 Å². The third-order valence-electron chi connectivity index (χ3n) is 8.54. The average molecular weight is 571 g/mol. The lowest BCUT2D eigenvalue weighted by Crippen LogP contribution is -2.58. The van der Waals surface area contributed by atoms with Gasteiger partial charge in [-0.05, 0) is 64.4 Å². The molecule has 0 aliphatic rings. The van der Waals surface area contributed by atoms with Crippen LogP contribution in [0.1, 0.15) is 37.0 Å². The van der Waals surface area contributed by atoms with Gasteiger partial charge in [0, 0.05) is 29.1 Å². The Balaban J connectivity index is 1.55. The second-order valence-electron chi connectivity index (χ2n) is 11.1. The third-order valence-corrected chi connectivity index (χ3v) is 8.54. The quantitative estimate of drug-likeness (QED) is 0.180. The van der Waals surface area contributed by atoms with E-state index in [4.69, 9.17) is 0 Å². The van der Waals surface area contributed by atoms with E-state index in [1.807, 2.05) is 68.6 Å². The van der Waals surface area contributed by atoms with Crippen LogP contribution in [0, 0.1) is 5.92 Å². The SMILES string of the molecule is C=C/C=c1/c(C[C@@](CC)(NC(=O)C(Cc2cccc3ccccc23)Cc2cccc3ccccc23)C(=O)O)c[nH]/c1=C/C. The summed E-state index contributed by atoms with van der Waals surface area (Å²) < 4.78 is 0. The van der Waals surface area contributed by atoms with Crippen molar-refractivity contribution in [2.24, 2.45) is 5.92 Å². The molecule has 5 nitrogen and oxygen atoms in total. The van der Waals surface area contributed by atoms with Crippen LogP contribution in [-0.2, 0) is 28.9 Å². The van der Waals surface area contributed by atoms with E-state index in [0.717, 1.165) is 48.8 Å². The van der Waals surface area contributed by atoms with Crippen LogP contribution in [0.3, 0.4) is 0 Å². The molecule has 43 heavy (non-hydrogen) atoms. The zero-order chi connectivity index (χ0) is 30.4.